The highest BCUT2D eigenvalue weighted by Crippen LogP contribution is 2.29. The highest BCUT2D eigenvalue weighted by atomic mass is 16.5. The van der Waals surface area contributed by atoms with Crippen molar-refractivity contribution < 1.29 is 14.3 Å². The third kappa shape index (κ3) is 4.52. The molecule has 1 N–H and O–H groups in total. The lowest BCUT2D eigenvalue weighted by molar-refractivity contribution is -0.0615. The van der Waals surface area contributed by atoms with E-state index in [1.807, 2.05) is 13.8 Å². The molecule has 0 amide bonds. The number of anilines is 1. The number of hydrogen-bond acceptors (Lipinski definition) is 5. The Kier molecular flexibility index (Phi) is 6.45. The molecule has 0 radical (unpaired) electrons. The van der Waals surface area contributed by atoms with Crippen LogP contribution in [0.15, 0.2) is 36.6 Å². The van der Waals surface area contributed by atoms with Gasteiger partial charge in [0.2, 0.25) is 0 Å². The SMILES string of the molecule is CCOC(=O)c1ccnc(NC[C@H]2CCC[C@@H](C3C=CC=CC3)O2)c1C. The normalized spacial score (nSPS) is 25.1. The van der Waals surface area contributed by atoms with Gasteiger partial charge in [0.05, 0.1) is 24.4 Å². The number of rotatable bonds is 6. The maximum atomic E-state index is 12.0. The van der Waals surface area contributed by atoms with Crippen LogP contribution in [0.1, 0.15) is 48.5 Å². The lowest BCUT2D eigenvalue weighted by atomic mass is 9.89. The van der Waals surface area contributed by atoms with Crippen LogP contribution < -0.4 is 5.32 Å². The lowest BCUT2D eigenvalue weighted by Gasteiger charge is -2.34. The largest absolute Gasteiger partial charge is 0.462 e. The molecule has 1 fully saturated rings. The van der Waals surface area contributed by atoms with Crippen molar-refractivity contribution in [2.24, 2.45) is 5.92 Å². The second-order valence-corrected chi connectivity index (χ2v) is 6.87. The van der Waals surface area contributed by atoms with Gasteiger partial charge in [0.25, 0.3) is 0 Å². The first-order chi connectivity index (χ1) is 12.7. The zero-order chi connectivity index (χ0) is 18.4. The van der Waals surface area contributed by atoms with Crippen LogP contribution in [0.5, 0.6) is 0 Å². The van der Waals surface area contributed by atoms with Crippen molar-refractivity contribution in [2.75, 3.05) is 18.5 Å². The van der Waals surface area contributed by atoms with Gasteiger partial charge in [-0.3, -0.25) is 0 Å². The van der Waals surface area contributed by atoms with E-state index in [1.54, 1.807) is 12.3 Å². The Hall–Kier alpha value is -2.14. The zero-order valence-corrected chi connectivity index (χ0v) is 15.6. The Morgan fingerprint density at radius 3 is 3.04 bits per heavy atom. The van der Waals surface area contributed by atoms with Crippen LogP contribution in [0.3, 0.4) is 0 Å². The molecule has 1 aliphatic heterocycles. The Labute approximate surface area is 155 Å². The highest BCUT2D eigenvalue weighted by molar-refractivity contribution is 5.92. The molecule has 5 heteroatoms. The number of hydrogen-bond donors (Lipinski definition) is 1. The molecule has 3 rings (SSSR count). The van der Waals surface area contributed by atoms with Crippen LogP contribution in [0.25, 0.3) is 0 Å². The molecule has 140 valence electrons. The maximum absolute atomic E-state index is 12.0. The average molecular weight is 356 g/mol. The van der Waals surface area contributed by atoms with E-state index in [1.165, 1.54) is 6.42 Å². The van der Waals surface area contributed by atoms with E-state index in [4.69, 9.17) is 9.47 Å². The van der Waals surface area contributed by atoms with Crippen molar-refractivity contribution in [1.82, 2.24) is 4.98 Å². The highest BCUT2D eigenvalue weighted by Gasteiger charge is 2.28. The maximum Gasteiger partial charge on any atom is 0.338 e. The van der Waals surface area contributed by atoms with Gasteiger partial charge in [-0.1, -0.05) is 24.3 Å². The number of allylic oxidation sites excluding steroid dienone is 3. The molecule has 0 bridgehead atoms. The summed E-state index contributed by atoms with van der Waals surface area (Å²) in [6, 6.07) is 1.70. The Bertz CT molecular complexity index is 684. The number of ether oxygens (including phenoxy) is 2. The minimum Gasteiger partial charge on any atom is -0.462 e. The van der Waals surface area contributed by atoms with Crippen LogP contribution >= 0.6 is 0 Å². The van der Waals surface area contributed by atoms with Gasteiger partial charge in [-0.05, 0) is 45.6 Å². The Morgan fingerprint density at radius 2 is 2.27 bits per heavy atom. The fourth-order valence-electron chi connectivity index (χ4n) is 3.63. The summed E-state index contributed by atoms with van der Waals surface area (Å²) in [7, 11) is 0. The van der Waals surface area contributed by atoms with E-state index in [0.29, 0.717) is 24.6 Å². The van der Waals surface area contributed by atoms with Crippen LogP contribution in [0.4, 0.5) is 5.82 Å². The molecular formula is C21H28N2O3. The van der Waals surface area contributed by atoms with Crippen LogP contribution in [0.2, 0.25) is 0 Å². The molecule has 3 atom stereocenters. The van der Waals surface area contributed by atoms with Crippen molar-refractivity contribution in [2.45, 2.75) is 51.7 Å². The monoisotopic (exact) mass is 356 g/mol. The zero-order valence-electron chi connectivity index (χ0n) is 15.6. The molecule has 1 aromatic heterocycles. The molecule has 26 heavy (non-hydrogen) atoms. The topological polar surface area (TPSA) is 60.5 Å². The summed E-state index contributed by atoms with van der Waals surface area (Å²) in [6.45, 7) is 4.77. The van der Waals surface area contributed by atoms with Gasteiger partial charge in [0.15, 0.2) is 0 Å². The molecule has 2 aliphatic rings. The number of pyridine rings is 1. The summed E-state index contributed by atoms with van der Waals surface area (Å²) in [5.41, 5.74) is 1.38. The van der Waals surface area contributed by atoms with Crippen LogP contribution in [-0.4, -0.2) is 36.3 Å². The molecule has 1 saturated heterocycles. The minimum absolute atomic E-state index is 0.167. The molecule has 0 aromatic carbocycles. The molecule has 5 nitrogen and oxygen atoms in total. The number of carbonyl (C=O) groups is 1. The molecule has 1 aromatic rings. The van der Waals surface area contributed by atoms with Crippen LogP contribution in [0, 0.1) is 12.8 Å². The summed E-state index contributed by atoms with van der Waals surface area (Å²) >= 11 is 0. The van der Waals surface area contributed by atoms with Crippen molar-refractivity contribution >= 4 is 11.8 Å². The number of aromatic nitrogens is 1. The quantitative estimate of drug-likeness (QED) is 0.779. The third-order valence-corrected chi connectivity index (χ3v) is 5.07. The van der Waals surface area contributed by atoms with Gasteiger partial charge >= 0.3 is 5.97 Å². The van der Waals surface area contributed by atoms with E-state index in [-0.39, 0.29) is 18.2 Å². The first kappa shape index (κ1) is 18.6. The fourth-order valence-corrected chi connectivity index (χ4v) is 3.63. The number of carbonyl (C=O) groups excluding carboxylic acids is 1. The summed E-state index contributed by atoms with van der Waals surface area (Å²) in [4.78, 5) is 16.4. The Morgan fingerprint density at radius 1 is 1.38 bits per heavy atom. The third-order valence-electron chi connectivity index (χ3n) is 5.07. The second kappa shape index (κ2) is 8.99. The molecule has 1 unspecified atom stereocenters. The van der Waals surface area contributed by atoms with E-state index in [2.05, 4.69) is 34.6 Å². The summed E-state index contributed by atoms with van der Waals surface area (Å²) < 4.78 is 11.4. The standard InChI is InChI=1S/C21H28N2O3/c1-3-25-21(24)18-12-13-22-20(15(18)2)23-14-17-10-7-11-19(26-17)16-8-5-4-6-9-16/h4-6,8,12-13,16-17,19H,3,7,9-11,14H2,1-2H3,(H,22,23)/t16?,17-,19+/m1/s1. The van der Waals surface area contributed by atoms with Gasteiger partial charge in [0.1, 0.15) is 5.82 Å². The Balaban J connectivity index is 1.58. The van der Waals surface area contributed by atoms with Gasteiger partial charge in [-0.2, -0.15) is 0 Å². The minimum atomic E-state index is -0.304. The smallest absolute Gasteiger partial charge is 0.338 e. The van der Waals surface area contributed by atoms with E-state index >= 15 is 0 Å². The van der Waals surface area contributed by atoms with Gasteiger partial charge in [-0.15, -0.1) is 0 Å². The van der Waals surface area contributed by atoms with E-state index in [9.17, 15) is 4.79 Å². The second-order valence-electron chi connectivity index (χ2n) is 6.87. The molecule has 1 aliphatic carbocycles. The molecular weight excluding hydrogens is 328 g/mol. The molecule has 2 heterocycles. The van der Waals surface area contributed by atoms with Crippen molar-refractivity contribution in [3.63, 3.8) is 0 Å². The summed E-state index contributed by atoms with van der Waals surface area (Å²) in [5, 5.41) is 3.37. The van der Waals surface area contributed by atoms with Gasteiger partial charge in [-0.25, -0.2) is 9.78 Å². The predicted octanol–water partition coefficient (Wildman–Crippen LogP) is 4.05. The van der Waals surface area contributed by atoms with Gasteiger partial charge in [0, 0.05) is 24.2 Å². The molecule has 0 spiro atoms. The predicted molar refractivity (Wildman–Crippen MR) is 102 cm³/mol. The lowest BCUT2D eigenvalue weighted by Crippen LogP contribution is -2.36. The van der Waals surface area contributed by atoms with Crippen molar-refractivity contribution in [3.05, 3.63) is 47.7 Å². The van der Waals surface area contributed by atoms with E-state index in [0.717, 1.165) is 30.6 Å². The van der Waals surface area contributed by atoms with Gasteiger partial charge < -0.3 is 14.8 Å². The van der Waals surface area contributed by atoms with Crippen molar-refractivity contribution in [1.29, 1.82) is 0 Å². The fraction of sp³-hybridized carbons (Fsp3) is 0.524. The summed E-state index contributed by atoms with van der Waals surface area (Å²) in [5.74, 6) is 0.901. The number of nitrogens with zero attached hydrogens (tertiary/aromatic N) is 1. The molecule has 0 saturated carbocycles. The summed E-state index contributed by atoms with van der Waals surface area (Å²) in [6.07, 6.45) is 15.2. The number of nitrogens with one attached hydrogen (secondary N) is 1. The first-order valence-corrected chi connectivity index (χ1v) is 9.54. The number of esters is 1. The first-order valence-electron chi connectivity index (χ1n) is 9.54. The van der Waals surface area contributed by atoms with E-state index < -0.39 is 0 Å². The van der Waals surface area contributed by atoms with Crippen molar-refractivity contribution in [3.8, 4) is 0 Å². The van der Waals surface area contributed by atoms with Crippen LogP contribution in [-0.2, 0) is 9.47 Å². The average Bonchev–Trinajstić information content (AvgIpc) is 2.68.